The van der Waals surface area contributed by atoms with Crippen molar-refractivity contribution in [3.05, 3.63) is 11.8 Å². The van der Waals surface area contributed by atoms with E-state index in [1.54, 1.807) is 20.0 Å². The smallest absolute Gasteiger partial charge is 0.215 e. The molecule has 2 aliphatic heterocycles. The lowest BCUT2D eigenvalue weighted by molar-refractivity contribution is -0.303. The van der Waals surface area contributed by atoms with E-state index in [1.807, 2.05) is 0 Å². The Balaban J connectivity index is 1.69. The molecule has 0 amide bonds. The predicted octanol–water partition coefficient (Wildman–Crippen LogP) is -3.85. The third-order valence-electron chi connectivity index (χ3n) is 6.22. The van der Waals surface area contributed by atoms with Gasteiger partial charge in [0.05, 0.1) is 25.2 Å². The molecule has 3 rings (SSSR count). The molecule has 0 radical (unpaired) electrons. The van der Waals surface area contributed by atoms with E-state index in [4.69, 9.17) is 41.9 Å². The van der Waals surface area contributed by atoms with Crippen molar-refractivity contribution in [3.8, 4) is 0 Å². The summed E-state index contributed by atoms with van der Waals surface area (Å²) in [7, 11) is 1.62. The molecule has 6 unspecified atom stereocenters. The van der Waals surface area contributed by atoms with Gasteiger partial charge in [-0.2, -0.15) is 0 Å². The van der Waals surface area contributed by atoms with Crippen LogP contribution in [0.15, 0.2) is 11.8 Å². The number of ether oxygens (including phenoxy) is 4. The number of nitrogens with one attached hydrogen (secondary N) is 1. The SMILES string of the molecule is CNC1C(O)[C@@H](O[C@H]2C(N)C[C@H](N)C(O[C@H]3OC(CN)=CCC3N)C2O)OC[C@]1(C)O. The Morgan fingerprint density at radius 2 is 1.71 bits per heavy atom. The fourth-order valence-corrected chi connectivity index (χ4v) is 4.44. The molecule has 0 spiro atoms. The van der Waals surface area contributed by atoms with E-state index in [0.29, 0.717) is 18.6 Å². The molecule has 0 aromatic carbocycles. The predicted molar refractivity (Wildman–Crippen MR) is 110 cm³/mol. The van der Waals surface area contributed by atoms with Crippen LogP contribution in [0.3, 0.4) is 0 Å². The molecule has 1 aliphatic carbocycles. The molecular formula is C19H37N5O7. The molecular weight excluding hydrogens is 410 g/mol. The van der Waals surface area contributed by atoms with Crippen molar-refractivity contribution in [2.75, 3.05) is 20.2 Å². The van der Waals surface area contributed by atoms with Gasteiger partial charge < -0.3 is 62.5 Å². The maximum atomic E-state index is 11.0. The summed E-state index contributed by atoms with van der Waals surface area (Å²) in [6.07, 6.45) is -3.56. The van der Waals surface area contributed by atoms with Crippen molar-refractivity contribution in [1.82, 2.24) is 5.32 Å². The highest BCUT2D eigenvalue weighted by Crippen LogP contribution is 2.31. The molecule has 2 heterocycles. The maximum Gasteiger partial charge on any atom is 0.215 e. The third kappa shape index (κ3) is 5.20. The third-order valence-corrected chi connectivity index (χ3v) is 6.22. The minimum atomic E-state index is -1.29. The molecule has 1 saturated heterocycles. The van der Waals surface area contributed by atoms with Gasteiger partial charge in [0.2, 0.25) is 6.29 Å². The summed E-state index contributed by atoms with van der Waals surface area (Å²) in [4.78, 5) is 0. The van der Waals surface area contributed by atoms with Crippen molar-refractivity contribution >= 4 is 0 Å². The first-order valence-corrected chi connectivity index (χ1v) is 10.6. The largest absolute Gasteiger partial charge is 0.467 e. The molecule has 12 nitrogen and oxygen atoms in total. The Hall–Kier alpha value is -0.900. The maximum absolute atomic E-state index is 11.0. The molecule has 11 atom stereocenters. The Morgan fingerprint density at radius 1 is 1.10 bits per heavy atom. The normalized spacial score (nSPS) is 48.7. The highest BCUT2D eigenvalue weighted by Gasteiger charge is 2.50. The molecule has 3 aliphatic rings. The van der Waals surface area contributed by atoms with E-state index < -0.39 is 66.8 Å². The van der Waals surface area contributed by atoms with Crippen molar-refractivity contribution < 1.29 is 34.3 Å². The minimum absolute atomic E-state index is 0.0727. The summed E-state index contributed by atoms with van der Waals surface area (Å²) < 4.78 is 23.1. The Bertz CT molecular complexity index is 639. The second-order valence-electron chi connectivity index (χ2n) is 8.81. The number of likely N-dealkylation sites (N-methyl/N-ethyl adjacent to an activating group) is 1. The summed E-state index contributed by atoms with van der Waals surface area (Å²) in [5.41, 5.74) is 22.9. The zero-order chi connectivity index (χ0) is 22.9. The van der Waals surface area contributed by atoms with Gasteiger partial charge in [-0.25, -0.2) is 0 Å². The molecule has 1 saturated carbocycles. The Morgan fingerprint density at radius 3 is 2.29 bits per heavy atom. The summed E-state index contributed by atoms with van der Waals surface area (Å²) in [5, 5.41) is 34.9. The molecule has 12 heteroatoms. The van der Waals surface area contributed by atoms with Gasteiger partial charge >= 0.3 is 0 Å². The van der Waals surface area contributed by atoms with Gasteiger partial charge in [0.1, 0.15) is 35.8 Å². The van der Waals surface area contributed by atoms with Crippen LogP contribution in [0.2, 0.25) is 0 Å². The van der Waals surface area contributed by atoms with Crippen molar-refractivity contribution in [1.29, 1.82) is 0 Å². The lowest BCUT2D eigenvalue weighted by Crippen LogP contribution is -2.68. The van der Waals surface area contributed by atoms with Gasteiger partial charge in [-0.3, -0.25) is 0 Å². The topological polar surface area (TPSA) is 214 Å². The van der Waals surface area contributed by atoms with Gasteiger partial charge in [-0.05, 0) is 32.9 Å². The fraction of sp³-hybridized carbons (Fsp3) is 0.895. The van der Waals surface area contributed by atoms with Crippen molar-refractivity contribution in [3.63, 3.8) is 0 Å². The van der Waals surface area contributed by atoms with Crippen LogP contribution < -0.4 is 28.3 Å². The molecule has 31 heavy (non-hydrogen) atoms. The van der Waals surface area contributed by atoms with E-state index in [9.17, 15) is 15.3 Å². The van der Waals surface area contributed by atoms with Gasteiger partial charge in [0.25, 0.3) is 0 Å². The van der Waals surface area contributed by atoms with E-state index in [2.05, 4.69) is 5.32 Å². The Labute approximate surface area is 181 Å². The number of aliphatic hydroxyl groups is 3. The number of nitrogens with two attached hydrogens (primary N) is 4. The first kappa shape index (κ1) is 24.7. The lowest BCUT2D eigenvalue weighted by atomic mass is 9.84. The zero-order valence-electron chi connectivity index (χ0n) is 18.0. The first-order valence-electron chi connectivity index (χ1n) is 10.6. The quantitative estimate of drug-likeness (QED) is 0.196. The van der Waals surface area contributed by atoms with Crippen LogP contribution in [0.4, 0.5) is 0 Å². The van der Waals surface area contributed by atoms with Gasteiger partial charge in [-0.15, -0.1) is 0 Å². The van der Waals surface area contributed by atoms with Gasteiger partial charge in [0, 0.05) is 12.1 Å². The van der Waals surface area contributed by atoms with Crippen LogP contribution in [-0.2, 0) is 18.9 Å². The molecule has 0 aromatic rings. The number of hydrogen-bond donors (Lipinski definition) is 8. The van der Waals surface area contributed by atoms with Crippen LogP contribution in [0, 0.1) is 0 Å². The molecule has 0 bridgehead atoms. The number of aliphatic hydroxyl groups excluding tert-OH is 2. The van der Waals surface area contributed by atoms with Crippen LogP contribution >= 0.6 is 0 Å². The van der Waals surface area contributed by atoms with E-state index in [1.165, 1.54) is 0 Å². The minimum Gasteiger partial charge on any atom is -0.467 e. The standard InChI is InChI=1S/C19H37N5O7/c1-19(27)7-28-18(13(26)16(19)24-2)31-15-11(23)5-10(22)14(12(15)25)30-17-9(21)4-3-8(6-20)29-17/h3,9-18,24-27H,4-7,20-23H2,1-2H3/t9?,10-,11?,12?,13?,14?,15-,16?,17+,18+,19-/m0/s1. The second-order valence-corrected chi connectivity index (χ2v) is 8.81. The average Bonchev–Trinajstić information content (AvgIpc) is 2.71. The lowest BCUT2D eigenvalue weighted by Gasteiger charge is -2.48. The van der Waals surface area contributed by atoms with E-state index in [-0.39, 0.29) is 13.2 Å². The van der Waals surface area contributed by atoms with E-state index in [0.717, 1.165) is 0 Å². The molecule has 2 fully saturated rings. The van der Waals surface area contributed by atoms with Crippen LogP contribution in [0.25, 0.3) is 0 Å². The second kappa shape index (κ2) is 9.93. The van der Waals surface area contributed by atoms with Gasteiger partial charge in [-0.1, -0.05) is 0 Å². The number of rotatable bonds is 6. The summed E-state index contributed by atoms with van der Waals surface area (Å²) in [6, 6.07) is -2.37. The van der Waals surface area contributed by atoms with Gasteiger partial charge in [0.15, 0.2) is 6.29 Å². The van der Waals surface area contributed by atoms with Crippen LogP contribution in [0.1, 0.15) is 19.8 Å². The van der Waals surface area contributed by atoms with Crippen molar-refractivity contribution in [2.24, 2.45) is 22.9 Å². The van der Waals surface area contributed by atoms with E-state index >= 15 is 0 Å². The highest BCUT2D eigenvalue weighted by molar-refractivity contribution is 5.04. The Kier molecular flexibility index (Phi) is 7.92. The molecule has 12 N–H and O–H groups in total. The molecule has 0 aromatic heterocycles. The molecule has 180 valence electrons. The van der Waals surface area contributed by atoms with Crippen LogP contribution in [-0.4, -0.2) is 102 Å². The number of hydrogen-bond acceptors (Lipinski definition) is 12. The van der Waals surface area contributed by atoms with Crippen LogP contribution in [0.5, 0.6) is 0 Å². The monoisotopic (exact) mass is 447 g/mol. The summed E-state index contributed by atoms with van der Waals surface area (Å²) in [5.74, 6) is 0.555. The highest BCUT2D eigenvalue weighted by atomic mass is 16.7. The average molecular weight is 448 g/mol. The summed E-state index contributed by atoms with van der Waals surface area (Å²) >= 11 is 0. The zero-order valence-corrected chi connectivity index (χ0v) is 18.0. The fourth-order valence-electron chi connectivity index (χ4n) is 4.44. The summed E-state index contributed by atoms with van der Waals surface area (Å²) in [6.45, 7) is 1.68. The first-order chi connectivity index (χ1) is 14.6. The van der Waals surface area contributed by atoms with Crippen molar-refractivity contribution in [2.45, 2.75) is 86.5 Å².